The van der Waals surface area contributed by atoms with Gasteiger partial charge in [-0.05, 0) is 55.7 Å². The van der Waals surface area contributed by atoms with E-state index in [1.54, 1.807) is 24.3 Å². The Morgan fingerprint density at radius 2 is 1.67 bits per heavy atom. The lowest BCUT2D eigenvalue weighted by Crippen LogP contribution is -2.43. The van der Waals surface area contributed by atoms with Gasteiger partial charge in [-0.3, -0.25) is 20.4 Å². The molecule has 2 N–H and O–H groups in total. The van der Waals surface area contributed by atoms with Gasteiger partial charge in [-0.1, -0.05) is 31.5 Å². The average Bonchev–Trinajstić information content (AvgIpc) is 2.64. The number of hydrogen-bond donors (Lipinski definition) is 2. The van der Waals surface area contributed by atoms with E-state index in [0.29, 0.717) is 29.6 Å². The molecule has 2 amide bonds. The van der Waals surface area contributed by atoms with Crippen molar-refractivity contribution in [3.05, 3.63) is 59.2 Å². The molecule has 6 heteroatoms. The number of benzene rings is 2. The first-order chi connectivity index (χ1) is 12.8. The normalized spacial score (nSPS) is 10.4. The Bertz CT molecular complexity index is 785. The van der Waals surface area contributed by atoms with E-state index in [-0.39, 0.29) is 6.61 Å². The van der Waals surface area contributed by atoms with Crippen LogP contribution < -0.4 is 20.3 Å². The standard InChI is InChI=1S/C21H26N2O4/c1-14(2)12-26-18-8-6-17(7-9-18)21(25)23-22-20(24)13-27-19-10-5-15(3)11-16(19)4/h5-11,14H,12-13H2,1-4H3,(H,22,24)(H,23,25). The maximum Gasteiger partial charge on any atom is 0.276 e. The average molecular weight is 370 g/mol. The van der Waals surface area contributed by atoms with Gasteiger partial charge >= 0.3 is 0 Å². The summed E-state index contributed by atoms with van der Waals surface area (Å²) >= 11 is 0. The van der Waals surface area contributed by atoms with E-state index in [1.165, 1.54) is 0 Å². The van der Waals surface area contributed by atoms with Crippen molar-refractivity contribution in [2.75, 3.05) is 13.2 Å². The summed E-state index contributed by atoms with van der Waals surface area (Å²) in [6.45, 7) is 8.45. The van der Waals surface area contributed by atoms with Gasteiger partial charge in [0.1, 0.15) is 11.5 Å². The molecule has 0 saturated carbocycles. The predicted octanol–water partition coefficient (Wildman–Crippen LogP) is 3.18. The molecule has 2 aromatic carbocycles. The molecule has 0 aliphatic heterocycles. The fraction of sp³-hybridized carbons (Fsp3) is 0.333. The molecule has 2 aromatic rings. The molecular formula is C21H26N2O4. The van der Waals surface area contributed by atoms with Crippen molar-refractivity contribution in [3.63, 3.8) is 0 Å². The summed E-state index contributed by atoms with van der Waals surface area (Å²) in [6.07, 6.45) is 0. The number of aryl methyl sites for hydroxylation is 2. The van der Waals surface area contributed by atoms with Crippen molar-refractivity contribution in [3.8, 4) is 11.5 Å². The minimum Gasteiger partial charge on any atom is -0.493 e. The van der Waals surface area contributed by atoms with E-state index in [4.69, 9.17) is 9.47 Å². The molecule has 0 fully saturated rings. The summed E-state index contributed by atoms with van der Waals surface area (Å²) in [4.78, 5) is 23.9. The van der Waals surface area contributed by atoms with Crippen LogP contribution in [0.3, 0.4) is 0 Å². The first kappa shape index (κ1) is 20.3. The Balaban J connectivity index is 1.78. The van der Waals surface area contributed by atoms with E-state index in [0.717, 1.165) is 11.1 Å². The zero-order valence-electron chi connectivity index (χ0n) is 16.2. The number of carbonyl (C=O) groups is 2. The number of nitrogens with one attached hydrogen (secondary N) is 2. The molecule has 0 saturated heterocycles. The summed E-state index contributed by atoms with van der Waals surface area (Å²) in [5.41, 5.74) is 7.20. The van der Waals surface area contributed by atoms with E-state index < -0.39 is 11.8 Å². The van der Waals surface area contributed by atoms with E-state index >= 15 is 0 Å². The molecular weight excluding hydrogens is 344 g/mol. The maximum absolute atomic E-state index is 12.1. The highest BCUT2D eigenvalue weighted by atomic mass is 16.5. The summed E-state index contributed by atoms with van der Waals surface area (Å²) in [6, 6.07) is 12.4. The summed E-state index contributed by atoms with van der Waals surface area (Å²) in [5, 5.41) is 0. The molecule has 0 aliphatic rings. The fourth-order valence-electron chi connectivity index (χ4n) is 2.30. The summed E-state index contributed by atoms with van der Waals surface area (Å²) in [7, 11) is 0. The van der Waals surface area contributed by atoms with Gasteiger partial charge < -0.3 is 9.47 Å². The molecule has 0 radical (unpaired) electrons. The lowest BCUT2D eigenvalue weighted by Gasteiger charge is -2.11. The molecule has 0 heterocycles. The third kappa shape index (κ3) is 6.66. The lowest BCUT2D eigenvalue weighted by molar-refractivity contribution is -0.123. The lowest BCUT2D eigenvalue weighted by atomic mass is 10.1. The first-order valence-corrected chi connectivity index (χ1v) is 8.87. The highest BCUT2D eigenvalue weighted by molar-refractivity contribution is 5.95. The molecule has 0 aromatic heterocycles. The predicted molar refractivity (Wildman–Crippen MR) is 104 cm³/mol. The Kier molecular flexibility index (Phi) is 7.23. The smallest absolute Gasteiger partial charge is 0.276 e. The number of carbonyl (C=O) groups excluding carboxylic acids is 2. The third-order valence-corrected chi connectivity index (χ3v) is 3.70. The van der Waals surface area contributed by atoms with Gasteiger partial charge in [0.05, 0.1) is 6.61 Å². The number of hydrogen-bond acceptors (Lipinski definition) is 4. The Labute approximate surface area is 159 Å². The quantitative estimate of drug-likeness (QED) is 0.734. The largest absolute Gasteiger partial charge is 0.493 e. The van der Waals surface area contributed by atoms with Crippen molar-refractivity contribution in [2.24, 2.45) is 5.92 Å². The van der Waals surface area contributed by atoms with Crippen LogP contribution in [0.1, 0.15) is 35.3 Å². The van der Waals surface area contributed by atoms with Crippen molar-refractivity contribution in [1.29, 1.82) is 0 Å². The van der Waals surface area contributed by atoms with Crippen LogP contribution in [-0.2, 0) is 4.79 Å². The van der Waals surface area contributed by atoms with Crippen LogP contribution in [0, 0.1) is 19.8 Å². The molecule has 0 atom stereocenters. The molecule has 2 rings (SSSR count). The zero-order chi connectivity index (χ0) is 19.8. The number of ether oxygens (including phenoxy) is 2. The van der Waals surface area contributed by atoms with Crippen molar-refractivity contribution in [1.82, 2.24) is 10.9 Å². The van der Waals surface area contributed by atoms with Gasteiger partial charge in [-0.15, -0.1) is 0 Å². The molecule has 0 unspecified atom stereocenters. The van der Waals surface area contributed by atoms with Crippen LogP contribution in [-0.4, -0.2) is 25.0 Å². The van der Waals surface area contributed by atoms with E-state index in [1.807, 2.05) is 32.0 Å². The second-order valence-corrected chi connectivity index (χ2v) is 6.79. The maximum atomic E-state index is 12.1. The number of hydrazine groups is 1. The molecule has 27 heavy (non-hydrogen) atoms. The van der Waals surface area contributed by atoms with E-state index in [2.05, 4.69) is 24.7 Å². The molecule has 6 nitrogen and oxygen atoms in total. The fourth-order valence-corrected chi connectivity index (χ4v) is 2.30. The van der Waals surface area contributed by atoms with Crippen LogP contribution >= 0.6 is 0 Å². The Morgan fingerprint density at radius 1 is 0.963 bits per heavy atom. The van der Waals surface area contributed by atoms with Crippen molar-refractivity contribution < 1.29 is 19.1 Å². The van der Waals surface area contributed by atoms with Gasteiger partial charge in [0, 0.05) is 5.56 Å². The van der Waals surface area contributed by atoms with Crippen LogP contribution in [0.4, 0.5) is 0 Å². The van der Waals surface area contributed by atoms with Gasteiger partial charge in [0.15, 0.2) is 6.61 Å². The van der Waals surface area contributed by atoms with Gasteiger partial charge in [-0.25, -0.2) is 0 Å². The monoisotopic (exact) mass is 370 g/mol. The van der Waals surface area contributed by atoms with E-state index in [9.17, 15) is 9.59 Å². The Morgan fingerprint density at radius 3 is 2.30 bits per heavy atom. The molecule has 0 bridgehead atoms. The van der Waals surface area contributed by atoms with Gasteiger partial charge in [-0.2, -0.15) is 0 Å². The molecule has 0 aliphatic carbocycles. The molecule has 144 valence electrons. The first-order valence-electron chi connectivity index (χ1n) is 8.87. The second-order valence-electron chi connectivity index (χ2n) is 6.79. The SMILES string of the molecule is Cc1ccc(OCC(=O)NNC(=O)c2ccc(OCC(C)C)cc2)c(C)c1. The van der Waals surface area contributed by atoms with Crippen LogP contribution in [0.2, 0.25) is 0 Å². The van der Waals surface area contributed by atoms with Gasteiger partial charge in [0.2, 0.25) is 0 Å². The number of amides is 2. The highest BCUT2D eigenvalue weighted by Gasteiger charge is 2.09. The van der Waals surface area contributed by atoms with Gasteiger partial charge in [0.25, 0.3) is 11.8 Å². The molecule has 0 spiro atoms. The summed E-state index contributed by atoms with van der Waals surface area (Å²) < 4.78 is 11.0. The number of rotatable bonds is 7. The van der Waals surface area contributed by atoms with Crippen molar-refractivity contribution in [2.45, 2.75) is 27.7 Å². The van der Waals surface area contributed by atoms with Crippen LogP contribution in [0.15, 0.2) is 42.5 Å². The Hall–Kier alpha value is -3.02. The third-order valence-electron chi connectivity index (χ3n) is 3.70. The van der Waals surface area contributed by atoms with Crippen LogP contribution in [0.25, 0.3) is 0 Å². The van der Waals surface area contributed by atoms with Crippen molar-refractivity contribution >= 4 is 11.8 Å². The topological polar surface area (TPSA) is 76.7 Å². The zero-order valence-corrected chi connectivity index (χ0v) is 16.2. The summed E-state index contributed by atoms with van der Waals surface area (Å²) in [5.74, 6) is 0.907. The minimum atomic E-state index is -0.444. The second kappa shape index (κ2) is 9.62. The highest BCUT2D eigenvalue weighted by Crippen LogP contribution is 2.18. The minimum absolute atomic E-state index is 0.188. The van der Waals surface area contributed by atoms with Crippen LogP contribution in [0.5, 0.6) is 11.5 Å².